The first-order valence-corrected chi connectivity index (χ1v) is 5.77. The number of hydrogen-bond acceptors (Lipinski definition) is 3. The van der Waals surface area contributed by atoms with Crippen molar-refractivity contribution in [1.29, 1.82) is 0 Å². The van der Waals surface area contributed by atoms with E-state index in [2.05, 4.69) is 16.0 Å². The molecule has 0 aromatic heterocycles. The molecule has 0 radical (unpaired) electrons. The highest BCUT2D eigenvalue weighted by Gasteiger charge is 2.26. The van der Waals surface area contributed by atoms with Gasteiger partial charge in [0.25, 0.3) is 0 Å². The van der Waals surface area contributed by atoms with Crippen LogP contribution in [0.15, 0.2) is 0 Å². The molecule has 0 aliphatic carbocycles. The Kier molecular flexibility index (Phi) is 5.70. The Labute approximate surface area is 98.3 Å². The number of carbonyl (C=O) groups excluding carboxylic acids is 1. The van der Waals surface area contributed by atoms with Crippen molar-refractivity contribution in [2.24, 2.45) is 0 Å². The number of carbonyl (C=O) groups is 1. The van der Waals surface area contributed by atoms with Crippen molar-refractivity contribution in [3.8, 4) is 0 Å². The zero-order chi connectivity index (χ0) is 12.7. The van der Waals surface area contributed by atoms with E-state index in [1.165, 1.54) is 0 Å². The van der Waals surface area contributed by atoms with Crippen LogP contribution < -0.4 is 16.0 Å². The van der Waals surface area contributed by atoms with Gasteiger partial charge in [0.1, 0.15) is 0 Å². The van der Waals surface area contributed by atoms with E-state index >= 15 is 0 Å². The molecule has 0 aromatic rings. The molecule has 1 fully saturated rings. The van der Waals surface area contributed by atoms with Crippen LogP contribution in [0.2, 0.25) is 0 Å². The van der Waals surface area contributed by atoms with Gasteiger partial charge in [0.05, 0.1) is 6.04 Å². The predicted molar refractivity (Wildman–Crippen MR) is 57.6 cm³/mol. The van der Waals surface area contributed by atoms with Crippen LogP contribution in [0.1, 0.15) is 19.3 Å². The van der Waals surface area contributed by atoms with Crippen molar-refractivity contribution in [3.63, 3.8) is 0 Å². The molecule has 1 aliphatic heterocycles. The highest BCUT2D eigenvalue weighted by Crippen LogP contribution is 2.21. The molecule has 1 rings (SSSR count). The van der Waals surface area contributed by atoms with Crippen LogP contribution in [0.3, 0.4) is 0 Å². The number of rotatable bonds is 5. The lowest BCUT2D eigenvalue weighted by atomic mass is 10.2. The molecule has 100 valence electrons. The van der Waals surface area contributed by atoms with E-state index in [-0.39, 0.29) is 18.4 Å². The quantitative estimate of drug-likeness (QED) is 0.622. The van der Waals surface area contributed by atoms with Crippen LogP contribution in [0, 0.1) is 0 Å². The molecular formula is C10H18F3N3O. The van der Waals surface area contributed by atoms with Crippen LogP contribution in [0.25, 0.3) is 0 Å². The van der Waals surface area contributed by atoms with Crippen molar-refractivity contribution < 1.29 is 18.0 Å². The Hall–Kier alpha value is -0.820. The molecule has 1 aliphatic rings. The van der Waals surface area contributed by atoms with Crippen molar-refractivity contribution in [2.75, 3.05) is 26.2 Å². The number of unbranched alkanes of at least 4 members (excludes halogenated alkanes) is 1. The van der Waals surface area contributed by atoms with Gasteiger partial charge in [-0.05, 0) is 12.8 Å². The summed E-state index contributed by atoms with van der Waals surface area (Å²) in [5.74, 6) is -0.149. The van der Waals surface area contributed by atoms with Gasteiger partial charge in [0, 0.05) is 32.6 Å². The van der Waals surface area contributed by atoms with Gasteiger partial charge in [0.2, 0.25) is 5.91 Å². The van der Waals surface area contributed by atoms with Gasteiger partial charge in [0.15, 0.2) is 0 Å². The van der Waals surface area contributed by atoms with E-state index in [0.29, 0.717) is 19.5 Å². The molecule has 4 nitrogen and oxygen atoms in total. The third-order valence-electron chi connectivity index (χ3n) is 2.54. The van der Waals surface area contributed by atoms with E-state index in [4.69, 9.17) is 0 Å². The summed E-state index contributed by atoms with van der Waals surface area (Å²) in [5, 5.41) is 8.72. The fraction of sp³-hybridized carbons (Fsp3) is 0.900. The molecule has 7 heteroatoms. The monoisotopic (exact) mass is 253 g/mol. The van der Waals surface area contributed by atoms with Gasteiger partial charge < -0.3 is 16.0 Å². The maximum atomic E-state index is 11.8. The normalized spacial score (nSPS) is 21.2. The van der Waals surface area contributed by atoms with Gasteiger partial charge in [-0.15, -0.1) is 0 Å². The van der Waals surface area contributed by atoms with Gasteiger partial charge in [-0.1, -0.05) is 0 Å². The molecule has 1 amide bonds. The summed E-state index contributed by atoms with van der Waals surface area (Å²) in [7, 11) is 0. The first-order chi connectivity index (χ1) is 7.99. The number of halogens is 3. The highest BCUT2D eigenvalue weighted by molar-refractivity contribution is 5.82. The minimum absolute atomic E-state index is 0.0557. The number of alkyl halides is 3. The van der Waals surface area contributed by atoms with E-state index in [0.717, 1.165) is 13.1 Å². The Morgan fingerprint density at radius 2 is 2.06 bits per heavy atom. The molecular weight excluding hydrogens is 235 g/mol. The maximum absolute atomic E-state index is 11.8. The molecule has 1 unspecified atom stereocenters. The molecule has 0 spiro atoms. The summed E-state index contributed by atoms with van der Waals surface area (Å²) < 4.78 is 35.5. The molecule has 0 bridgehead atoms. The minimum atomic E-state index is -4.10. The second kappa shape index (κ2) is 6.80. The Bertz CT molecular complexity index is 239. The lowest BCUT2D eigenvalue weighted by Gasteiger charge is -2.23. The summed E-state index contributed by atoms with van der Waals surface area (Å²) in [6.45, 7) is 2.42. The van der Waals surface area contributed by atoms with Crippen LogP contribution in [-0.4, -0.2) is 44.3 Å². The first-order valence-electron chi connectivity index (χ1n) is 5.77. The Balaban J connectivity index is 2.04. The Morgan fingerprint density at radius 3 is 2.65 bits per heavy atom. The number of hydrogen-bond donors (Lipinski definition) is 3. The van der Waals surface area contributed by atoms with Gasteiger partial charge in [-0.2, -0.15) is 13.2 Å². The second-order valence-corrected chi connectivity index (χ2v) is 4.07. The van der Waals surface area contributed by atoms with Crippen molar-refractivity contribution >= 4 is 5.91 Å². The molecule has 3 N–H and O–H groups in total. The summed E-state index contributed by atoms with van der Waals surface area (Å²) in [4.78, 5) is 11.5. The smallest absolute Gasteiger partial charge is 0.355 e. The zero-order valence-corrected chi connectivity index (χ0v) is 9.57. The number of amides is 1. The van der Waals surface area contributed by atoms with Crippen LogP contribution >= 0.6 is 0 Å². The average molecular weight is 253 g/mol. The summed E-state index contributed by atoms with van der Waals surface area (Å²) >= 11 is 0. The largest absolute Gasteiger partial charge is 0.389 e. The lowest BCUT2D eigenvalue weighted by molar-refractivity contribution is -0.135. The lowest BCUT2D eigenvalue weighted by Crippen LogP contribution is -2.55. The van der Waals surface area contributed by atoms with E-state index < -0.39 is 12.6 Å². The fourth-order valence-electron chi connectivity index (χ4n) is 1.62. The first kappa shape index (κ1) is 14.2. The molecule has 0 aromatic carbocycles. The molecule has 17 heavy (non-hydrogen) atoms. The highest BCUT2D eigenvalue weighted by atomic mass is 19.4. The van der Waals surface area contributed by atoms with Gasteiger partial charge in [-0.3, -0.25) is 4.79 Å². The van der Waals surface area contributed by atoms with Crippen molar-refractivity contribution in [3.05, 3.63) is 0 Å². The SMILES string of the molecule is O=C(NCCCCC(F)(F)F)C1CNCCN1. The minimum Gasteiger partial charge on any atom is -0.355 e. The zero-order valence-electron chi connectivity index (χ0n) is 9.57. The second-order valence-electron chi connectivity index (χ2n) is 4.07. The third-order valence-corrected chi connectivity index (χ3v) is 2.54. The van der Waals surface area contributed by atoms with E-state index in [9.17, 15) is 18.0 Å². The number of nitrogens with one attached hydrogen (secondary N) is 3. The average Bonchev–Trinajstić information content (AvgIpc) is 2.28. The summed E-state index contributed by atoms with van der Waals surface area (Å²) in [6.07, 6.45) is -4.48. The summed E-state index contributed by atoms with van der Waals surface area (Å²) in [6, 6.07) is -0.272. The molecule has 0 saturated carbocycles. The predicted octanol–water partition coefficient (Wildman–Crippen LogP) is 0.397. The van der Waals surface area contributed by atoms with Crippen LogP contribution in [0.4, 0.5) is 13.2 Å². The molecule has 1 saturated heterocycles. The van der Waals surface area contributed by atoms with Crippen molar-refractivity contribution in [2.45, 2.75) is 31.5 Å². The third kappa shape index (κ3) is 6.48. The van der Waals surface area contributed by atoms with Gasteiger partial charge in [-0.25, -0.2) is 0 Å². The van der Waals surface area contributed by atoms with E-state index in [1.807, 2.05) is 0 Å². The Morgan fingerprint density at radius 1 is 1.29 bits per heavy atom. The van der Waals surface area contributed by atoms with Crippen LogP contribution in [-0.2, 0) is 4.79 Å². The van der Waals surface area contributed by atoms with Crippen molar-refractivity contribution in [1.82, 2.24) is 16.0 Å². The summed E-state index contributed by atoms with van der Waals surface area (Å²) in [5.41, 5.74) is 0. The van der Waals surface area contributed by atoms with Gasteiger partial charge >= 0.3 is 6.18 Å². The molecule has 1 atom stereocenters. The van der Waals surface area contributed by atoms with E-state index in [1.54, 1.807) is 0 Å². The maximum Gasteiger partial charge on any atom is 0.389 e. The fourth-order valence-corrected chi connectivity index (χ4v) is 1.62. The number of piperazine rings is 1. The molecule has 1 heterocycles. The van der Waals surface area contributed by atoms with Crippen LogP contribution in [0.5, 0.6) is 0 Å². The standard InChI is InChI=1S/C10H18F3N3O/c11-10(12,13)3-1-2-4-16-9(17)8-7-14-5-6-15-8/h8,14-15H,1-7H2,(H,16,17). The topological polar surface area (TPSA) is 53.2 Å².